The number of benzene rings is 1. The number of thioether (sulfide) groups is 1. The van der Waals surface area contributed by atoms with Gasteiger partial charge in [0, 0.05) is 47.7 Å². The van der Waals surface area contributed by atoms with Crippen LogP contribution in [-0.4, -0.2) is 35.3 Å². The second-order valence-corrected chi connectivity index (χ2v) is 11.0. The van der Waals surface area contributed by atoms with Crippen LogP contribution >= 0.6 is 11.8 Å². The molecule has 2 aromatic rings. The third-order valence-electron chi connectivity index (χ3n) is 7.72. The first-order valence-electron chi connectivity index (χ1n) is 14.1. The minimum absolute atomic E-state index is 0.344. The van der Waals surface area contributed by atoms with Crippen molar-refractivity contribution < 1.29 is 0 Å². The van der Waals surface area contributed by atoms with Crippen LogP contribution < -0.4 is 21.2 Å². The van der Waals surface area contributed by atoms with Crippen molar-refractivity contribution >= 4 is 46.7 Å². The maximum atomic E-state index is 5.23. The van der Waals surface area contributed by atoms with E-state index in [4.69, 9.17) is 4.99 Å². The molecular formula is C34H43N5S. The standard InChI is InChI=1S/C34H43N5S/c1-9-12-18-38(8)32-22-40-19-14-13-15-30-25(6)33(32)37-34(36-30)39-26(7)29(21-35-11-3)28-20-27(16-17-31(28)39)24(5)23(4)10-2/h9,12-17,19-22,34-35,37H,7,10-11,18H2,1-6,8H3/b12-9-,15-13-,19-14+,24-23-,29-21+,32-22+. The quantitative estimate of drug-likeness (QED) is 0.364. The van der Waals surface area contributed by atoms with Gasteiger partial charge in [-0.15, -0.1) is 11.8 Å². The molecule has 1 unspecified atom stereocenters. The molecule has 6 heteroatoms. The smallest absolute Gasteiger partial charge is 0.201 e. The Bertz CT molecular complexity index is 1590. The Hall–Kier alpha value is -3.64. The van der Waals surface area contributed by atoms with Crippen LogP contribution in [0, 0.1) is 0 Å². The number of rotatable bonds is 8. The average molecular weight is 554 g/mol. The van der Waals surface area contributed by atoms with Gasteiger partial charge < -0.3 is 20.1 Å². The topological polar surface area (TPSA) is 44.6 Å². The van der Waals surface area contributed by atoms with Crippen molar-refractivity contribution in [3.05, 3.63) is 98.1 Å². The van der Waals surface area contributed by atoms with E-state index >= 15 is 0 Å². The summed E-state index contributed by atoms with van der Waals surface area (Å²) >= 11 is 1.68. The second-order valence-electron chi connectivity index (χ2n) is 10.2. The van der Waals surface area contributed by atoms with Gasteiger partial charge in [-0.05, 0) is 81.4 Å². The lowest BCUT2D eigenvalue weighted by Crippen LogP contribution is -2.40. The van der Waals surface area contributed by atoms with Gasteiger partial charge in [0.2, 0.25) is 6.29 Å². The third-order valence-corrected chi connectivity index (χ3v) is 8.40. The first-order valence-corrected chi connectivity index (χ1v) is 15.1. The van der Waals surface area contributed by atoms with Crippen LogP contribution in [0.1, 0.15) is 59.8 Å². The van der Waals surface area contributed by atoms with Crippen molar-refractivity contribution in [3.63, 3.8) is 0 Å². The number of likely N-dealkylation sites (N-methyl/N-ethyl adjacent to an activating group) is 1. The minimum Gasteiger partial charge on any atom is -0.391 e. The normalized spacial score (nSPS) is 21.5. The summed E-state index contributed by atoms with van der Waals surface area (Å²) in [5.41, 5.74) is 9.41. The largest absolute Gasteiger partial charge is 0.391 e. The zero-order chi connectivity index (χ0) is 28.8. The van der Waals surface area contributed by atoms with Crippen molar-refractivity contribution in [2.24, 2.45) is 4.99 Å². The molecule has 2 bridgehead atoms. The highest BCUT2D eigenvalue weighted by Crippen LogP contribution is 2.30. The maximum absolute atomic E-state index is 5.23. The first-order chi connectivity index (χ1) is 19.3. The Labute approximate surface area is 243 Å². The fourth-order valence-corrected chi connectivity index (χ4v) is 5.69. The van der Waals surface area contributed by atoms with Crippen molar-refractivity contribution in [2.75, 3.05) is 20.1 Å². The highest BCUT2D eigenvalue weighted by atomic mass is 32.2. The summed E-state index contributed by atoms with van der Waals surface area (Å²) in [5.74, 6) is 0. The van der Waals surface area contributed by atoms with Crippen LogP contribution in [-0.2, 0) is 0 Å². The van der Waals surface area contributed by atoms with E-state index in [0.717, 1.165) is 58.3 Å². The molecule has 210 valence electrons. The Morgan fingerprint density at radius 3 is 2.77 bits per heavy atom. The third kappa shape index (κ3) is 5.92. The molecule has 0 aliphatic carbocycles. The summed E-state index contributed by atoms with van der Waals surface area (Å²) in [6.45, 7) is 19.2. The van der Waals surface area contributed by atoms with Crippen LogP contribution in [0.5, 0.6) is 0 Å². The van der Waals surface area contributed by atoms with Gasteiger partial charge in [-0.25, -0.2) is 4.99 Å². The van der Waals surface area contributed by atoms with E-state index < -0.39 is 0 Å². The molecule has 1 aromatic heterocycles. The zero-order valence-electron chi connectivity index (χ0n) is 25.0. The molecule has 0 spiro atoms. The van der Waals surface area contributed by atoms with E-state index in [1.807, 2.05) is 0 Å². The molecule has 0 fully saturated rings. The Balaban J connectivity index is 1.93. The Morgan fingerprint density at radius 2 is 2.05 bits per heavy atom. The molecule has 0 amide bonds. The summed E-state index contributed by atoms with van der Waals surface area (Å²) in [6, 6.07) is 6.77. The van der Waals surface area contributed by atoms with Gasteiger partial charge in [0.05, 0.1) is 22.6 Å². The number of hydrogen-bond donors (Lipinski definition) is 2. The highest BCUT2D eigenvalue weighted by molar-refractivity contribution is 8.04. The van der Waals surface area contributed by atoms with Crippen molar-refractivity contribution in [3.8, 4) is 0 Å². The van der Waals surface area contributed by atoms with Gasteiger partial charge in [0.25, 0.3) is 0 Å². The lowest BCUT2D eigenvalue weighted by molar-refractivity contribution is 0.419. The fourth-order valence-electron chi connectivity index (χ4n) is 5.01. The number of aromatic nitrogens is 1. The van der Waals surface area contributed by atoms with Gasteiger partial charge in [0.15, 0.2) is 0 Å². The molecular weight excluding hydrogens is 510 g/mol. The molecule has 40 heavy (non-hydrogen) atoms. The van der Waals surface area contributed by atoms with E-state index in [0.29, 0.717) is 0 Å². The Morgan fingerprint density at radius 1 is 1.25 bits per heavy atom. The molecule has 1 atom stereocenters. The molecule has 2 aliphatic heterocycles. The van der Waals surface area contributed by atoms with Crippen molar-refractivity contribution in [2.45, 2.75) is 54.3 Å². The van der Waals surface area contributed by atoms with E-state index in [-0.39, 0.29) is 6.29 Å². The van der Waals surface area contributed by atoms with Crippen LogP contribution in [0.25, 0.3) is 29.3 Å². The molecule has 2 aliphatic rings. The predicted octanol–water partition coefficient (Wildman–Crippen LogP) is 6.54. The number of nitrogens with one attached hydrogen (secondary N) is 2. The molecule has 1 aromatic carbocycles. The van der Waals surface area contributed by atoms with Crippen LogP contribution in [0.4, 0.5) is 0 Å². The molecule has 3 heterocycles. The molecule has 0 saturated heterocycles. The van der Waals surface area contributed by atoms with E-state index in [9.17, 15) is 0 Å². The first kappa shape index (κ1) is 29.3. The summed E-state index contributed by atoms with van der Waals surface area (Å²) < 4.78 is 2.24. The molecule has 5 nitrogen and oxygen atoms in total. The van der Waals surface area contributed by atoms with Gasteiger partial charge in [0.1, 0.15) is 0 Å². The number of allylic oxidation sites excluding steroid dienone is 7. The summed E-state index contributed by atoms with van der Waals surface area (Å²) in [7, 11) is 2.14. The monoisotopic (exact) mass is 553 g/mol. The minimum atomic E-state index is -0.344. The predicted molar refractivity (Wildman–Crippen MR) is 177 cm³/mol. The summed E-state index contributed by atoms with van der Waals surface area (Å²) in [5, 5.41) is 14.7. The average Bonchev–Trinajstić information content (AvgIpc) is 3.23. The van der Waals surface area contributed by atoms with Crippen molar-refractivity contribution in [1.82, 2.24) is 20.1 Å². The van der Waals surface area contributed by atoms with Crippen LogP contribution in [0.3, 0.4) is 0 Å². The Kier molecular flexibility index (Phi) is 9.64. The van der Waals surface area contributed by atoms with Gasteiger partial charge in [-0.1, -0.05) is 49.4 Å². The second kappa shape index (κ2) is 13.1. The van der Waals surface area contributed by atoms with Crippen LogP contribution in [0.2, 0.25) is 0 Å². The van der Waals surface area contributed by atoms with Gasteiger partial charge in [-0.3, -0.25) is 0 Å². The fraction of sp³-hybridized carbons (Fsp3) is 0.324. The molecule has 0 radical (unpaired) electrons. The number of nitrogens with zero attached hydrogens (tertiary/aromatic N) is 3. The lowest BCUT2D eigenvalue weighted by Gasteiger charge is -2.32. The number of fused-ring (bicyclic) bond motifs is 2. The lowest BCUT2D eigenvalue weighted by atomic mass is 9.99. The highest BCUT2D eigenvalue weighted by Gasteiger charge is 2.26. The van der Waals surface area contributed by atoms with Gasteiger partial charge in [-0.2, -0.15) is 0 Å². The summed E-state index contributed by atoms with van der Waals surface area (Å²) in [6.07, 6.45) is 13.3. The summed E-state index contributed by atoms with van der Waals surface area (Å²) in [4.78, 5) is 7.50. The SMILES string of the molecule is C=c1/c(=C\NCC)c2cc(/C(C)=C(/C)CC)ccc2n1C1N=C2/C=C\C=C\S/C=C(/N(C)C/C=C\C)C(=C2C)N1. The molecule has 2 N–H and O–H groups in total. The van der Waals surface area contributed by atoms with Crippen molar-refractivity contribution in [1.29, 1.82) is 0 Å². The van der Waals surface area contributed by atoms with E-state index in [1.165, 1.54) is 22.1 Å². The zero-order valence-corrected chi connectivity index (χ0v) is 25.8. The van der Waals surface area contributed by atoms with E-state index in [1.54, 1.807) is 11.8 Å². The maximum Gasteiger partial charge on any atom is 0.201 e. The number of aliphatic imine (C=N–C) groups is 1. The molecule has 0 saturated carbocycles. The van der Waals surface area contributed by atoms with E-state index in [2.05, 4.69) is 141 Å². The van der Waals surface area contributed by atoms with Crippen LogP contribution in [0.15, 0.2) is 86.9 Å². The molecule has 4 rings (SSSR count). The van der Waals surface area contributed by atoms with Gasteiger partial charge >= 0.3 is 0 Å². The number of hydrogen-bond acceptors (Lipinski definition) is 5.